The molecule has 5 rings (SSSR count). The largest absolute Gasteiger partial charge is 0.450 e. The van der Waals surface area contributed by atoms with Gasteiger partial charge in [0.25, 0.3) is 5.56 Å². The van der Waals surface area contributed by atoms with Crippen LogP contribution in [0.15, 0.2) is 47.4 Å². The zero-order valence-electron chi connectivity index (χ0n) is 20.2. The third kappa shape index (κ3) is 5.08. The molecule has 9 nitrogen and oxygen atoms in total. The number of nitrogens with zero attached hydrogens (tertiary/aromatic N) is 5. The quantitative estimate of drug-likeness (QED) is 0.586. The number of hydrogen-bond acceptors (Lipinski definition) is 7. The van der Waals surface area contributed by atoms with Crippen molar-refractivity contribution in [2.24, 2.45) is 0 Å². The van der Waals surface area contributed by atoms with Crippen LogP contribution in [0.1, 0.15) is 45.1 Å². The van der Waals surface area contributed by atoms with Crippen molar-refractivity contribution in [3.8, 4) is 0 Å². The molecule has 2 aliphatic rings. The normalized spacial score (nSPS) is 16.9. The van der Waals surface area contributed by atoms with Crippen LogP contribution < -0.4 is 15.8 Å². The minimum Gasteiger partial charge on any atom is -0.450 e. The molecule has 9 heteroatoms. The van der Waals surface area contributed by atoms with Crippen LogP contribution in [0.2, 0.25) is 0 Å². The number of aromatic nitrogens is 3. The molecule has 35 heavy (non-hydrogen) atoms. The highest BCUT2D eigenvalue weighted by atomic mass is 16.6. The van der Waals surface area contributed by atoms with Gasteiger partial charge in [-0.25, -0.2) is 9.78 Å². The minimum atomic E-state index is -0.295. The van der Waals surface area contributed by atoms with E-state index in [2.05, 4.69) is 27.3 Å². The molecule has 184 valence electrons. The van der Waals surface area contributed by atoms with E-state index in [1.54, 1.807) is 34.7 Å². The van der Waals surface area contributed by atoms with Crippen molar-refractivity contribution in [3.63, 3.8) is 0 Å². The van der Waals surface area contributed by atoms with E-state index in [1.807, 2.05) is 12.1 Å². The van der Waals surface area contributed by atoms with Crippen LogP contribution in [0.25, 0.3) is 11.0 Å². The summed E-state index contributed by atoms with van der Waals surface area (Å²) in [6, 6.07) is 11.6. The number of carbonyl (C=O) groups excluding carboxylic acids is 1. The van der Waals surface area contributed by atoms with Gasteiger partial charge in [0, 0.05) is 61.2 Å². The summed E-state index contributed by atoms with van der Waals surface area (Å²) in [5.41, 5.74) is 2.65. The maximum absolute atomic E-state index is 12.9. The van der Waals surface area contributed by atoms with Crippen LogP contribution in [0, 0.1) is 0 Å². The van der Waals surface area contributed by atoms with Crippen LogP contribution in [0.3, 0.4) is 0 Å². The molecule has 3 aromatic rings. The second-order valence-corrected chi connectivity index (χ2v) is 9.15. The lowest BCUT2D eigenvalue weighted by Crippen LogP contribution is -2.41. The molecule has 2 aromatic heterocycles. The van der Waals surface area contributed by atoms with E-state index < -0.39 is 0 Å². The number of fused-ring (bicyclic) bond motifs is 1. The van der Waals surface area contributed by atoms with E-state index in [-0.39, 0.29) is 17.7 Å². The number of pyridine rings is 1. The topological polar surface area (TPSA) is 92.6 Å². The lowest BCUT2D eigenvalue weighted by Gasteiger charge is -2.32. The van der Waals surface area contributed by atoms with Crippen LogP contribution in [-0.4, -0.2) is 58.3 Å². The van der Waals surface area contributed by atoms with Crippen molar-refractivity contribution in [1.82, 2.24) is 19.4 Å². The highest BCUT2D eigenvalue weighted by molar-refractivity contribution is 5.76. The maximum Gasteiger partial charge on any atom is 0.409 e. The number of amides is 1. The van der Waals surface area contributed by atoms with Crippen molar-refractivity contribution in [3.05, 3.63) is 52.9 Å². The van der Waals surface area contributed by atoms with Gasteiger partial charge in [-0.3, -0.25) is 9.36 Å². The average Bonchev–Trinajstić information content (AvgIpc) is 2.90. The predicted octanol–water partition coefficient (Wildman–Crippen LogP) is 4.32. The van der Waals surface area contributed by atoms with Gasteiger partial charge in [-0.2, -0.15) is 4.98 Å². The number of ether oxygens (including phenoxy) is 1. The van der Waals surface area contributed by atoms with Crippen molar-refractivity contribution in [2.75, 3.05) is 43.0 Å². The fourth-order valence-electron chi connectivity index (χ4n) is 5.01. The molecular formula is C26H32N6O3. The van der Waals surface area contributed by atoms with E-state index in [4.69, 9.17) is 9.72 Å². The number of rotatable bonds is 5. The molecule has 4 heterocycles. The lowest BCUT2D eigenvalue weighted by molar-refractivity contribution is 0.0927. The van der Waals surface area contributed by atoms with Gasteiger partial charge in [0.05, 0.1) is 6.61 Å². The highest BCUT2D eigenvalue weighted by Crippen LogP contribution is 2.26. The monoisotopic (exact) mass is 476 g/mol. The summed E-state index contributed by atoms with van der Waals surface area (Å²) in [7, 11) is 0. The lowest BCUT2D eigenvalue weighted by atomic mass is 10.0. The third-order valence-electron chi connectivity index (χ3n) is 6.87. The van der Waals surface area contributed by atoms with E-state index in [9.17, 15) is 9.59 Å². The van der Waals surface area contributed by atoms with E-state index >= 15 is 0 Å². The van der Waals surface area contributed by atoms with Crippen LogP contribution in [0.5, 0.6) is 0 Å². The Bertz CT molecular complexity index is 1230. The van der Waals surface area contributed by atoms with E-state index in [1.165, 1.54) is 24.9 Å². The van der Waals surface area contributed by atoms with Gasteiger partial charge in [-0.05, 0) is 69.4 Å². The highest BCUT2D eigenvalue weighted by Gasteiger charge is 2.26. The summed E-state index contributed by atoms with van der Waals surface area (Å²) in [5, 5.41) is 4.10. The SMILES string of the molecule is CCOC(=O)N1CCC(n2c(=O)ccc3cnc(Nc4ccc(N5CCCCC5)cc4)nc32)CC1. The van der Waals surface area contributed by atoms with Gasteiger partial charge < -0.3 is 19.9 Å². The fourth-order valence-corrected chi connectivity index (χ4v) is 5.01. The number of benzene rings is 1. The fraction of sp³-hybridized carbons (Fsp3) is 0.462. The Balaban J connectivity index is 1.35. The molecule has 2 saturated heterocycles. The van der Waals surface area contributed by atoms with Gasteiger partial charge >= 0.3 is 6.09 Å². The van der Waals surface area contributed by atoms with Crippen LogP contribution in [-0.2, 0) is 4.74 Å². The first-order chi connectivity index (χ1) is 17.1. The molecule has 0 atom stereocenters. The Hall–Kier alpha value is -3.62. The molecule has 2 aliphatic heterocycles. The molecular weight excluding hydrogens is 444 g/mol. The van der Waals surface area contributed by atoms with Gasteiger partial charge in [0.2, 0.25) is 5.95 Å². The van der Waals surface area contributed by atoms with Crippen LogP contribution in [0.4, 0.5) is 22.1 Å². The number of carbonyl (C=O) groups is 1. The molecule has 1 aromatic carbocycles. The predicted molar refractivity (Wildman–Crippen MR) is 136 cm³/mol. The summed E-state index contributed by atoms with van der Waals surface area (Å²) >= 11 is 0. The van der Waals surface area contributed by atoms with Crippen molar-refractivity contribution < 1.29 is 9.53 Å². The molecule has 0 radical (unpaired) electrons. The number of piperidine rings is 2. The molecule has 2 fully saturated rings. The Kier molecular flexibility index (Phi) is 6.83. The average molecular weight is 477 g/mol. The first kappa shape index (κ1) is 23.1. The number of nitrogens with one attached hydrogen (secondary N) is 1. The Morgan fingerprint density at radius 3 is 2.49 bits per heavy atom. The van der Waals surface area contributed by atoms with E-state index in [0.717, 1.165) is 24.2 Å². The van der Waals surface area contributed by atoms with Gasteiger partial charge in [0.15, 0.2) is 0 Å². The molecule has 0 bridgehead atoms. The van der Waals surface area contributed by atoms with Gasteiger partial charge in [-0.15, -0.1) is 0 Å². The molecule has 1 N–H and O–H groups in total. The summed E-state index contributed by atoms with van der Waals surface area (Å²) in [6.07, 6.45) is 6.59. The smallest absolute Gasteiger partial charge is 0.409 e. The minimum absolute atomic E-state index is 0.0385. The second-order valence-electron chi connectivity index (χ2n) is 9.15. The van der Waals surface area contributed by atoms with Crippen molar-refractivity contribution >= 4 is 34.4 Å². The van der Waals surface area contributed by atoms with Crippen LogP contribution >= 0.6 is 0 Å². The molecule has 1 amide bonds. The summed E-state index contributed by atoms with van der Waals surface area (Å²) < 4.78 is 6.87. The van der Waals surface area contributed by atoms with Gasteiger partial charge in [0.1, 0.15) is 5.65 Å². The number of anilines is 3. The Morgan fingerprint density at radius 2 is 1.77 bits per heavy atom. The number of hydrogen-bond donors (Lipinski definition) is 1. The zero-order chi connectivity index (χ0) is 24.2. The van der Waals surface area contributed by atoms with Crippen molar-refractivity contribution in [1.29, 1.82) is 0 Å². The maximum atomic E-state index is 12.9. The molecule has 0 saturated carbocycles. The zero-order valence-corrected chi connectivity index (χ0v) is 20.2. The standard InChI is InChI=1S/C26H32N6O3/c1-2-35-26(34)31-16-12-22(13-17-31)32-23(33)11-6-19-18-27-25(29-24(19)32)28-20-7-9-21(10-8-20)30-14-4-3-5-15-30/h6-11,18,22H,2-5,12-17H2,1H3,(H,27,28,29). The molecule has 0 unspecified atom stereocenters. The first-order valence-corrected chi connectivity index (χ1v) is 12.5. The van der Waals surface area contributed by atoms with Gasteiger partial charge in [-0.1, -0.05) is 0 Å². The Morgan fingerprint density at radius 1 is 1.03 bits per heavy atom. The summed E-state index contributed by atoms with van der Waals surface area (Å²) in [6.45, 7) is 5.47. The molecule has 0 aliphatic carbocycles. The van der Waals surface area contributed by atoms with E-state index in [0.29, 0.717) is 44.1 Å². The Labute approximate surface area is 204 Å². The summed E-state index contributed by atoms with van der Waals surface area (Å²) in [4.78, 5) is 38.3. The van der Waals surface area contributed by atoms with Crippen molar-refractivity contribution in [2.45, 2.75) is 45.1 Å². The molecule has 0 spiro atoms. The first-order valence-electron chi connectivity index (χ1n) is 12.5. The third-order valence-corrected chi connectivity index (χ3v) is 6.87. The number of likely N-dealkylation sites (tertiary alicyclic amines) is 1. The second kappa shape index (κ2) is 10.3. The summed E-state index contributed by atoms with van der Waals surface area (Å²) in [5.74, 6) is 0.450.